The Hall–Kier alpha value is -2.87. The molecule has 2 rings (SSSR count). The topological polar surface area (TPSA) is 105 Å². The number of rotatable bonds is 6. The van der Waals surface area contributed by atoms with Crippen molar-refractivity contribution in [3.8, 4) is 0 Å². The van der Waals surface area contributed by atoms with Gasteiger partial charge in [-0.25, -0.2) is 9.59 Å². The van der Waals surface area contributed by atoms with Gasteiger partial charge in [0, 0.05) is 0 Å². The Morgan fingerprint density at radius 1 is 1.21 bits per heavy atom. The summed E-state index contributed by atoms with van der Waals surface area (Å²) in [7, 11) is 0. The van der Waals surface area contributed by atoms with Crippen LogP contribution in [0, 0.1) is 0 Å². The number of ether oxygens (including phenoxy) is 1. The summed E-state index contributed by atoms with van der Waals surface area (Å²) in [5.74, 6) is -1.66. The number of hydrogen-bond acceptors (Lipinski definition) is 5. The summed E-state index contributed by atoms with van der Waals surface area (Å²) in [6.07, 6.45) is -0.730. The Morgan fingerprint density at radius 3 is 2.58 bits per heavy atom. The molecule has 3 N–H and O–H groups in total. The fraction of sp³-hybridized carbons (Fsp3) is 0.188. The van der Waals surface area contributed by atoms with Crippen molar-refractivity contribution in [2.24, 2.45) is 0 Å². The highest BCUT2D eigenvalue weighted by atomic mass is 32.1. The number of carbonyl (C=O) groups excluding carboxylic acids is 2. The average molecular weight is 348 g/mol. The maximum Gasteiger partial charge on any atom is 0.408 e. The minimum absolute atomic E-state index is 0.00667. The Kier molecular flexibility index (Phi) is 5.91. The number of benzene rings is 1. The first-order chi connectivity index (χ1) is 11.5. The number of alkyl carbamates (subject to hydrolysis) is 1. The molecular formula is C16H16N2O5S. The predicted octanol–water partition coefficient (Wildman–Crippen LogP) is 2.70. The normalized spacial score (nSPS) is 11.4. The van der Waals surface area contributed by atoms with Crippen molar-refractivity contribution >= 4 is 34.3 Å². The lowest BCUT2D eigenvalue weighted by Gasteiger charge is -2.14. The van der Waals surface area contributed by atoms with Crippen LogP contribution in [0.1, 0.15) is 22.8 Å². The van der Waals surface area contributed by atoms with Crippen molar-refractivity contribution in [1.82, 2.24) is 5.32 Å². The highest BCUT2D eigenvalue weighted by molar-refractivity contribution is 7.14. The molecule has 2 aromatic rings. The van der Waals surface area contributed by atoms with Crippen LogP contribution in [0.3, 0.4) is 0 Å². The first-order valence-electron chi connectivity index (χ1n) is 7.06. The zero-order chi connectivity index (χ0) is 17.5. The lowest BCUT2D eigenvalue weighted by molar-refractivity contribution is -0.117. The van der Waals surface area contributed by atoms with Gasteiger partial charge in [-0.2, -0.15) is 0 Å². The number of aromatic carboxylic acids is 1. The zero-order valence-corrected chi connectivity index (χ0v) is 13.6. The van der Waals surface area contributed by atoms with E-state index in [1.165, 1.54) is 13.0 Å². The van der Waals surface area contributed by atoms with Gasteiger partial charge in [-0.15, -0.1) is 11.3 Å². The van der Waals surface area contributed by atoms with E-state index in [4.69, 9.17) is 9.84 Å². The number of nitrogens with one attached hydrogen (secondary N) is 2. The number of carboxylic acids is 1. The minimum atomic E-state index is -1.13. The van der Waals surface area contributed by atoms with Gasteiger partial charge >= 0.3 is 12.1 Å². The molecular weight excluding hydrogens is 332 g/mol. The summed E-state index contributed by atoms with van der Waals surface area (Å²) in [4.78, 5) is 34.7. The van der Waals surface area contributed by atoms with E-state index in [1.54, 1.807) is 5.38 Å². The highest BCUT2D eigenvalue weighted by Crippen LogP contribution is 2.23. The lowest BCUT2D eigenvalue weighted by Crippen LogP contribution is -2.41. The molecule has 8 heteroatoms. The predicted molar refractivity (Wildman–Crippen MR) is 89.1 cm³/mol. The molecule has 0 unspecified atom stereocenters. The maximum absolute atomic E-state index is 12.0. The van der Waals surface area contributed by atoms with Crippen LogP contribution >= 0.6 is 11.3 Å². The third-order valence-electron chi connectivity index (χ3n) is 3.07. The van der Waals surface area contributed by atoms with Crippen molar-refractivity contribution in [2.45, 2.75) is 19.6 Å². The van der Waals surface area contributed by atoms with Gasteiger partial charge in [0.2, 0.25) is 5.91 Å². The van der Waals surface area contributed by atoms with E-state index < -0.39 is 24.0 Å². The second-order valence-electron chi connectivity index (χ2n) is 4.89. The smallest absolute Gasteiger partial charge is 0.408 e. The van der Waals surface area contributed by atoms with Crippen LogP contribution in [0.25, 0.3) is 0 Å². The second-order valence-corrected chi connectivity index (χ2v) is 5.80. The summed E-state index contributed by atoms with van der Waals surface area (Å²) in [5.41, 5.74) is 0.835. The molecule has 0 fully saturated rings. The molecule has 2 amide bonds. The molecule has 0 spiro atoms. The van der Waals surface area contributed by atoms with E-state index in [0.29, 0.717) is 0 Å². The monoisotopic (exact) mass is 348 g/mol. The van der Waals surface area contributed by atoms with Crippen molar-refractivity contribution in [3.63, 3.8) is 0 Å². The van der Waals surface area contributed by atoms with Crippen LogP contribution in [0.2, 0.25) is 0 Å². The standard InChI is InChI=1S/C16H16N2O5S/c1-10(13(19)18-14-12(15(20)21)7-8-24-14)17-16(22)23-9-11-5-3-2-4-6-11/h2-8,10H,9H2,1H3,(H,17,22)(H,18,19)(H,20,21)/t10-/m0/s1. The maximum atomic E-state index is 12.0. The SMILES string of the molecule is C[C@H](NC(=O)OCc1ccccc1)C(=O)Nc1sccc1C(=O)O. The van der Waals surface area contributed by atoms with Crippen molar-refractivity contribution < 1.29 is 24.2 Å². The van der Waals surface area contributed by atoms with E-state index in [9.17, 15) is 14.4 Å². The number of carboxylic acid groups (broad SMARTS) is 1. The number of amides is 2. The molecule has 7 nitrogen and oxygen atoms in total. The van der Waals surface area contributed by atoms with Crippen LogP contribution in [-0.2, 0) is 16.1 Å². The van der Waals surface area contributed by atoms with Crippen molar-refractivity contribution in [3.05, 3.63) is 52.9 Å². The average Bonchev–Trinajstić information content (AvgIpc) is 3.02. The van der Waals surface area contributed by atoms with E-state index in [0.717, 1.165) is 16.9 Å². The van der Waals surface area contributed by atoms with E-state index >= 15 is 0 Å². The fourth-order valence-electron chi connectivity index (χ4n) is 1.80. The summed E-state index contributed by atoms with van der Waals surface area (Å²) in [6.45, 7) is 1.57. The molecule has 1 aromatic carbocycles. The first kappa shape index (κ1) is 17.5. The summed E-state index contributed by atoms with van der Waals surface area (Å²) in [5, 5.41) is 15.7. The Balaban J connectivity index is 1.83. The highest BCUT2D eigenvalue weighted by Gasteiger charge is 2.20. The number of anilines is 1. The third-order valence-corrected chi connectivity index (χ3v) is 3.90. The zero-order valence-electron chi connectivity index (χ0n) is 12.8. The van der Waals surface area contributed by atoms with Gasteiger partial charge in [-0.05, 0) is 23.9 Å². The molecule has 126 valence electrons. The van der Waals surface area contributed by atoms with E-state index in [2.05, 4.69) is 10.6 Å². The van der Waals surface area contributed by atoms with Crippen LogP contribution in [0.5, 0.6) is 0 Å². The fourth-order valence-corrected chi connectivity index (χ4v) is 2.58. The molecule has 0 aliphatic heterocycles. The second kappa shape index (κ2) is 8.11. The molecule has 1 heterocycles. The van der Waals surface area contributed by atoms with Gasteiger partial charge in [-0.1, -0.05) is 30.3 Å². The number of carbonyl (C=O) groups is 3. The van der Waals surface area contributed by atoms with Crippen LogP contribution < -0.4 is 10.6 Å². The van der Waals surface area contributed by atoms with Gasteiger partial charge in [0.1, 0.15) is 17.6 Å². The van der Waals surface area contributed by atoms with Crippen LogP contribution in [0.15, 0.2) is 41.8 Å². The van der Waals surface area contributed by atoms with Gasteiger partial charge in [-0.3, -0.25) is 4.79 Å². The van der Waals surface area contributed by atoms with Gasteiger partial charge in [0.05, 0.1) is 5.56 Å². The summed E-state index contributed by atoms with van der Waals surface area (Å²) < 4.78 is 5.02. The lowest BCUT2D eigenvalue weighted by atomic mass is 10.2. The van der Waals surface area contributed by atoms with Gasteiger partial charge < -0.3 is 20.5 Å². The third kappa shape index (κ3) is 4.82. The molecule has 0 aliphatic carbocycles. The quantitative estimate of drug-likeness (QED) is 0.744. The molecule has 24 heavy (non-hydrogen) atoms. The molecule has 0 radical (unpaired) electrons. The molecule has 0 saturated heterocycles. The molecule has 1 aromatic heterocycles. The van der Waals surface area contributed by atoms with Crippen LogP contribution in [-0.4, -0.2) is 29.1 Å². The van der Waals surface area contributed by atoms with Crippen LogP contribution in [0.4, 0.5) is 9.80 Å². The number of hydrogen-bond donors (Lipinski definition) is 3. The van der Waals surface area contributed by atoms with Crippen molar-refractivity contribution in [2.75, 3.05) is 5.32 Å². The number of thiophene rings is 1. The summed E-state index contributed by atoms with van der Waals surface area (Å²) >= 11 is 1.09. The molecule has 0 aliphatic rings. The molecule has 0 saturated carbocycles. The Bertz CT molecular complexity index is 729. The Morgan fingerprint density at radius 2 is 1.92 bits per heavy atom. The van der Waals surface area contributed by atoms with Gasteiger partial charge in [0.15, 0.2) is 0 Å². The minimum Gasteiger partial charge on any atom is -0.478 e. The van der Waals surface area contributed by atoms with Gasteiger partial charge in [0.25, 0.3) is 0 Å². The van der Waals surface area contributed by atoms with E-state index in [1.807, 2.05) is 30.3 Å². The van der Waals surface area contributed by atoms with E-state index in [-0.39, 0.29) is 17.2 Å². The first-order valence-corrected chi connectivity index (χ1v) is 7.94. The molecule has 1 atom stereocenters. The summed E-state index contributed by atoms with van der Waals surface area (Å²) in [6, 6.07) is 9.65. The molecule has 0 bridgehead atoms. The van der Waals surface area contributed by atoms with Crippen molar-refractivity contribution in [1.29, 1.82) is 0 Å². The largest absolute Gasteiger partial charge is 0.478 e. The Labute approximate surface area is 142 Å².